The van der Waals surface area contributed by atoms with E-state index >= 15 is 0 Å². The molecule has 1 saturated heterocycles. The van der Waals surface area contributed by atoms with Crippen LogP contribution in [-0.4, -0.2) is 54.2 Å². The molecule has 130 valence electrons. The number of hydrogen-bond donors (Lipinski definition) is 2. The molecule has 0 saturated carbocycles. The van der Waals surface area contributed by atoms with Gasteiger partial charge >= 0.3 is 6.03 Å². The molecule has 1 atom stereocenters. The van der Waals surface area contributed by atoms with Crippen molar-refractivity contribution in [3.05, 3.63) is 29.8 Å². The third-order valence-corrected chi connectivity index (χ3v) is 4.44. The van der Waals surface area contributed by atoms with Gasteiger partial charge in [-0.3, -0.25) is 5.10 Å². The zero-order valence-corrected chi connectivity index (χ0v) is 14.2. The van der Waals surface area contributed by atoms with Crippen LogP contribution in [0.4, 0.5) is 10.5 Å². The van der Waals surface area contributed by atoms with Crippen molar-refractivity contribution >= 4 is 22.8 Å². The van der Waals surface area contributed by atoms with Crippen LogP contribution in [0.25, 0.3) is 11.0 Å². The van der Waals surface area contributed by atoms with Crippen LogP contribution in [0.3, 0.4) is 0 Å². The first-order valence-electron chi connectivity index (χ1n) is 8.35. The number of benzene rings is 1. The number of fused-ring (bicyclic) bond motifs is 1. The summed E-state index contributed by atoms with van der Waals surface area (Å²) in [4.78, 5) is 20.4. The third-order valence-electron chi connectivity index (χ3n) is 4.44. The van der Waals surface area contributed by atoms with Gasteiger partial charge in [0.2, 0.25) is 0 Å². The average molecular weight is 340 g/mol. The summed E-state index contributed by atoms with van der Waals surface area (Å²) in [5, 5.41) is 18.7. The van der Waals surface area contributed by atoms with Crippen LogP contribution in [0.15, 0.2) is 18.2 Å². The van der Waals surface area contributed by atoms with Gasteiger partial charge in [0, 0.05) is 26.1 Å². The summed E-state index contributed by atoms with van der Waals surface area (Å²) in [6.07, 6.45) is 1.92. The fourth-order valence-electron chi connectivity index (χ4n) is 3.25. The summed E-state index contributed by atoms with van der Waals surface area (Å²) in [5.74, 6) is 1.74. The first-order chi connectivity index (χ1) is 12.1. The summed E-state index contributed by atoms with van der Waals surface area (Å²) in [6.45, 7) is 3.22. The molecule has 0 bridgehead atoms. The molecule has 0 spiro atoms. The van der Waals surface area contributed by atoms with Crippen LogP contribution in [0, 0.1) is 6.92 Å². The Morgan fingerprint density at radius 2 is 2.24 bits per heavy atom. The van der Waals surface area contributed by atoms with Gasteiger partial charge in [0.05, 0.1) is 5.69 Å². The number of aromatic amines is 1. The minimum absolute atomic E-state index is 0.130. The van der Waals surface area contributed by atoms with Crippen molar-refractivity contribution in [3.63, 3.8) is 0 Å². The van der Waals surface area contributed by atoms with E-state index in [1.807, 2.05) is 30.0 Å². The number of rotatable bonds is 2. The Balaban J connectivity index is 1.50. The second-order valence-corrected chi connectivity index (χ2v) is 6.36. The van der Waals surface area contributed by atoms with Crippen molar-refractivity contribution in [1.29, 1.82) is 0 Å². The normalized spacial score (nSPS) is 17.8. The first-order valence-corrected chi connectivity index (χ1v) is 8.35. The van der Waals surface area contributed by atoms with Crippen molar-refractivity contribution in [2.45, 2.75) is 25.7 Å². The summed E-state index contributed by atoms with van der Waals surface area (Å²) < 4.78 is 0. The van der Waals surface area contributed by atoms with Crippen LogP contribution >= 0.6 is 0 Å². The number of H-pyrrole nitrogens is 1. The molecule has 2 N–H and O–H groups in total. The molecule has 3 aromatic rings. The van der Waals surface area contributed by atoms with E-state index in [1.54, 1.807) is 7.05 Å². The molecule has 1 aromatic carbocycles. The number of hydrogen-bond acceptors (Lipinski definition) is 5. The second kappa shape index (κ2) is 6.15. The summed E-state index contributed by atoms with van der Waals surface area (Å²) in [7, 11) is 1.76. The van der Waals surface area contributed by atoms with Gasteiger partial charge in [-0.1, -0.05) is 6.07 Å². The predicted molar refractivity (Wildman–Crippen MR) is 92.2 cm³/mol. The number of carbonyl (C=O) groups is 1. The highest BCUT2D eigenvalue weighted by molar-refractivity contribution is 5.98. The Morgan fingerprint density at radius 1 is 1.36 bits per heavy atom. The van der Waals surface area contributed by atoms with Gasteiger partial charge in [-0.2, -0.15) is 20.1 Å². The van der Waals surface area contributed by atoms with Crippen LogP contribution in [0.2, 0.25) is 0 Å². The second-order valence-electron chi connectivity index (χ2n) is 6.36. The topological polar surface area (TPSA) is 105 Å². The van der Waals surface area contributed by atoms with E-state index in [1.165, 1.54) is 4.80 Å². The molecule has 1 aliphatic heterocycles. The lowest BCUT2D eigenvalue weighted by atomic mass is 9.98. The fourth-order valence-corrected chi connectivity index (χ4v) is 3.25. The third kappa shape index (κ3) is 3.04. The van der Waals surface area contributed by atoms with E-state index in [2.05, 4.69) is 30.7 Å². The van der Waals surface area contributed by atoms with Gasteiger partial charge in [0.1, 0.15) is 16.9 Å². The van der Waals surface area contributed by atoms with Crippen molar-refractivity contribution in [2.75, 3.05) is 18.4 Å². The van der Waals surface area contributed by atoms with E-state index in [-0.39, 0.29) is 11.9 Å². The maximum Gasteiger partial charge on any atom is 0.321 e. The lowest BCUT2D eigenvalue weighted by Gasteiger charge is -2.31. The Hall–Kier alpha value is -2.97. The molecule has 2 aromatic heterocycles. The molecule has 1 unspecified atom stereocenters. The molecule has 1 aliphatic rings. The Labute approximate surface area is 144 Å². The summed E-state index contributed by atoms with van der Waals surface area (Å²) >= 11 is 0. The Kier molecular flexibility index (Phi) is 3.83. The number of aryl methyl sites for hydroxylation is 2. The van der Waals surface area contributed by atoms with E-state index in [9.17, 15) is 4.79 Å². The number of likely N-dealkylation sites (tertiary alicyclic amines) is 1. The predicted octanol–water partition coefficient (Wildman–Crippen LogP) is 1.81. The van der Waals surface area contributed by atoms with E-state index < -0.39 is 0 Å². The van der Waals surface area contributed by atoms with Gasteiger partial charge in [0.15, 0.2) is 5.82 Å². The molecular weight excluding hydrogens is 320 g/mol. The molecule has 3 heterocycles. The molecule has 25 heavy (non-hydrogen) atoms. The zero-order chi connectivity index (χ0) is 17.4. The maximum atomic E-state index is 12.7. The first kappa shape index (κ1) is 15.6. The average Bonchev–Trinajstić information content (AvgIpc) is 3.20. The molecule has 4 rings (SSSR count). The van der Waals surface area contributed by atoms with Gasteiger partial charge in [-0.05, 0) is 31.9 Å². The van der Waals surface area contributed by atoms with E-state index in [0.29, 0.717) is 17.7 Å². The minimum atomic E-state index is -0.130. The van der Waals surface area contributed by atoms with Crippen molar-refractivity contribution in [1.82, 2.24) is 35.1 Å². The van der Waals surface area contributed by atoms with E-state index in [4.69, 9.17) is 0 Å². The molecule has 9 heteroatoms. The summed E-state index contributed by atoms with van der Waals surface area (Å²) in [6, 6.07) is 5.45. The van der Waals surface area contributed by atoms with Crippen LogP contribution in [0.1, 0.15) is 30.4 Å². The number of urea groups is 1. The van der Waals surface area contributed by atoms with Crippen LogP contribution < -0.4 is 5.32 Å². The van der Waals surface area contributed by atoms with E-state index in [0.717, 1.165) is 36.6 Å². The molecule has 0 aliphatic carbocycles. The number of piperidine rings is 1. The summed E-state index contributed by atoms with van der Waals surface area (Å²) in [5.41, 5.74) is 2.12. The van der Waals surface area contributed by atoms with Gasteiger partial charge in [0.25, 0.3) is 0 Å². The number of nitrogens with zero attached hydrogens (tertiary/aromatic N) is 6. The lowest BCUT2D eigenvalue weighted by molar-refractivity contribution is 0.191. The molecular formula is C16H20N8O. The highest BCUT2D eigenvalue weighted by Gasteiger charge is 2.27. The standard InChI is InChI=1S/C16H20N8O/c1-10-17-15(20-19-10)11-5-4-8-24(9-11)16(25)18-12-6-3-7-13-14(12)22-23(2)21-13/h3,6-7,11H,4-5,8-9H2,1-2H3,(H,18,25)(H,17,19,20). The number of anilines is 1. The lowest BCUT2D eigenvalue weighted by Crippen LogP contribution is -2.41. The van der Waals surface area contributed by atoms with Gasteiger partial charge in [-0.15, -0.1) is 0 Å². The highest BCUT2D eigenvalue weighted by atomic mass is 16.2. The zero-order valence-electron chi connectivity index (χ0n) is 14.2. The highest BCUT2D eigenvalue weighted by Crippen LogP contribution is 2.26. The quantitative estimate of drug-likeness (QED) is 0.740. The minimum Gasteiger partial charge on any atom is -0.324 e. The maximum absolute atomic E-state index is 12.7. The Morgan fingerprint density at radius 3 is 3.04 bits per heavy atom. The monoisotopic (exact) mass is 340 g/mol. The number of carbonyl (C=O) groups excluding carboxylic acids is 1. The largest absolute Gasteiger partial charge is 0.324 e. The van der Waals surface area contributed by atoms with Crippen LogP contribution in [-0.2, 0) is 7.05 Å². The SMILES string of the molecule is Cc1nc(C2CCCN(C(=O)Nc3cccc4nn(C)nc34)C2)n[nH]1. The number of nitrogens with one attached hydrogen (secondary N) is 2. The number of aromatic nitrogens is 6. The smallest absolute Gasteiger partial charge is 0.321 e. The molecule has 9 nitrogen and oxygen atoms in total. The van der Waals surface area contributed by atoms with Crippen molar-refractivity contribution in [2.24, 2.45) is 7.05 Å². The van der Waals surface area contributed by atoms with Crippen molar-refractivity contribution < 1.29 is 4.79 Å². The molecule has 2 amide bonds. The number of amides is 2. The van der Waals surface area contributed by atoms with Crippen molar-refractivity contribution in [3.8, 4) is 0 Å². The Bertz CT molecular complexity index is 914. The fraction of sp³-hybridized carbons (Fsp3) is 0.438. The molecule has 0 radical (unpaired) electrons. The molecule has 1 fully saturated rings. The van der Waals surface area contributed by atoms with Crippen LogP contribution in [0.5, 0.6) is 0 Å². The van der Waals surface area contributed by atoms with Gasteiger partial charge in [-0.25, -0.2) is 9.78 Å². The van der Waals surface area contributed by atoms with Gasteiger partial charge < -0.3 is 10.2 Å².